The molecule has 164 valence electrons. The van der Waals surface area contributed by atoms with Crippen LogP contribution in [0.1, 0.15) is 57.1 Å². The summed E-state index contributed by atoms with van der Waals surface area (Å²) >= 11 is 0. The molecule has 0 bridgehead atoms. The van der Waals surface area contributed by atoms with E-state index in [2.05, 4.69) is 10.5 Å². The molecule has 1 aromatic carbocycles. The number of hydrogen-bond donors (Lipinski definition) is 1. The maximum atomic E-state index is 12.7. The molecule has 3 aromatic rings. The van der Waals surface area contributed by atoms with Crippen molar-refractivity contribution in [3.8, 4) is 0 Å². The third kappa shape index (κ3) is 4.45. The molecular weight excluding hydrogens is 404 g/mol. The number of ether oxygens (including phenoxy) is 2. The lowest BCUT2D eigenvalue weighted by atomic mass is 10.1. The second-order valence-corrected chi connectivity index (χ2v) is 6.99. The number of hydrogen-bond acceptors (Lipinski definition) is 8. The Morgan fingerprint density at radius 3 is 2.29 bits per heavy atom. The number of anilines is 1. The number of aryl methyl sites for hydroxylation is 3. The minimum absolute atomic E-state index is 0.0752. The molecule has 2 aromatic heterocycles. The highest BCUT2D eigenvalue weighted by molar-refractivity contribution is 6.09. The number of esters is 2. The maximum Gasteiger partial charge on any atom is 0.344 e. The van der Waals surface area contributed by atoms with Crippen LogP contribution in [0.3, 0.4) is 0 Å². The standard InChI is InChI=1S/C22H24N2O7/c1-6-28-21(26)17-13(5)30-20(18(17)22(27)29-7-2)23-16(25)10-15-14-9-11(3)8-12(4)19(14)31-24-15/h8-9H,6-7,10H2,1-5H3,(H,23,25). The molecule has 0 aliphatic carbocycles. The Kier molecular flexibility index (Phi) is 6.43. The van der Waals surface area contributed by atoms with E-state index in [4.69, 9.17) is 18.4 Å². The number of furan rings is 1. The Morgan fingerprint density at radius 2 is 1.65 bits per heavy atom. The van der Waals surface area contributed by atoms with E-state index >= 15 is 0 Å². The minimum atomic E-state index is -0.796. The van der Waals surface area contributed by atoms with Crippen LogP contribution in [0.15, 0.2) is 21.1 Å². The SMILES string of the molecule is CCOC(=O)c1c(C)oc(NC(=O)Cc2noc3c(C)cc(C)cc23)c1C(=O)OCC. The fraction of sp³-hybridized carbons (Fsp3) is 0.364. The Morgan fingerprint density at radius 1 is 1.00 bits per heavy atom. The molecule has 1 amide bonds. The summed E-state index contributed by atoms with van der Waals surface area (Å²) in [5, 5.41) is 7.29. The van der Waals surface area contributed by atoms with Gasteiger partial charge in [0.1, 0.15) is 22.6 Å². The average molecular weight is 428 g/mol. The highest BCUT2D eigenvalue weighted by Crippen LogP contribution is 2.30. The van der Waals surface area contributed by atoms with Crippen LogP contribution in [0.4, 0.5) is 5.88 Å². The molecule has 0 saturated heterocycles. The lowest BCUT2D eigenvalue weighted by molar-refractivity contribution is -0.115. The van der Waals surface area contributed by atoms with Crippen LogP contribution in [0.25, 0.3) is 11.0 Å². The van der Waals surface area contributed by atoms with Crippen LogP contribution in [-0.4, -0.2) is 36.2 Å². The summed E-state index contributed by atoms with van der Waals surface area (Å²) in [7, 11) is 0. The van der Waals surface area contributed by atoms with Gasteiger partial charge in [0.25, 0.3) is 0 Å². The van der Waals surface area contributed by atoms with E-state index in [9.17, 15) is 14.4 Å². The highest BCUT2D eigenvalue weighted by atomic mass is 16.5. The van der Waals surface area contributed by atoms with Gasteiger partial charge in [-0.05, 0) is 51.8 Å². The van der Waals surface area contributed by atoms with Gasteiger partial charge in [-0.2, -0.15) is 0 Å². The molecule has 3 rings (SSSR count). The van der Waals surface area contributed by atoms with Gasteiger partial charge in [0, 0.05) is 5.39 Å². The molecule has 0 radical (unpaired) electrons. The van der Waals surface area contributed by atoms with Gasteiger partial charge in [-0.15, -0.1) is 0 Å². The molecule has 31 heavy (non-hydrogen) atoms. The Hall–Kier alpha value is -3.62. The summed E-state index contributed by atoms with van der Waals surface area (Å²) in [6.07, 6.45) is -0.118. The molecule has 0 atom stereocenters. The normalized spacial score (nSPS) is 10.9. The Balaban J connectivity index is 1.91. The second-order valence-electron chi connectivity index (χ2n) is 6.99. The van der Waals surface area contributed by atoms with Crippen molar-refractivity contribution < 1.29 is 32.8 Å². The minimum Gasteiger partial charge on any atom is -0.462 e. The van der Waals surface area contributed by atoms with Crippen molar-refractivity contribution >= 4 is 34.7 Å². The first kappa shape index (κ1) is 22.1. The van der Waals surface area contributed by atoms with E-state index in [-0.39, 0.29) is 42.4 Å². The van der Waals surface area contributed by atoms with Crippen molar-refractivity contribution in [3.05, 3.63) is 45.8 Å². The van der Waals surface area contributed by atoms with Crippen molar-refractivity contribution in [2.75, 3.05) is 18.5 Å². The van der Waals surface area contributed by atoms with Gasteiger partial charge in [-0.3, -0.25) is 10.1 Å². The van der Waals surface area contributed by atoms with Gasteiger partial charge in [-0.1, -0.05) is 11.2 Å². The monoisotopic (exact) mass is 428 g/mol. The second kappa shape index (κ2) is 9.03. The third-order valence-corrected chi connectivity index (χ3v) is 4.60. The summed E-state index contributed by atoms with van der Waals surface area (Å²) in [5.41, 5.74) is 2.74. The zero-order valence-corrected chi connectivity index (χ0v) is 18.1. The molecule has 0 fully saturated rings. The summed E-state index contributed by atoms with van der Waals surface area (Å²) in [5.74, 6) is -2.07. The van der Waals surface area contributed by atoms with E-state index in [0.29, 0.717) is 11.3 Å². The van der Waals surface area contributed by atoms with Gasteiger partial charge < -0.3 is 18.4 Å². The van der Waals surface area contributed by atoms with Crippen LogP contribution < -0.4 is 5.32 Å². The van der Waals surface area contributed by atoms with Crippen molar-refractivity contribution in [1.82, 2.24) is 5.16 Å². The molecule has 0 aliphatic heterocycles. The molecule has 2 heterocycles. The van der Waals surface area contributed by atoms with E-state index in [0.717, 1.165) is 16.5 Å². The predicted molar refractivity (Wildman–Crippen MR) is 111 cm³/mol. The quantitative estimate of drug-likeness (QED) is 0.563. The molecule has 0 spiro atoms. The van der Waals surface area contributed by atoms with Crippen LogP contribution in [0, 0.1) is 20.8 Å². The van der Waals surface area contributed by atoms with Gasteiger partial charge in [-0.25, -0.2) is 9.59 Å². The molecule has 9 nitrogen and oxygen atoms in total. The fourth-order valence-electron chi connectivity index (χ4n) is 3.37. The van der Waals surface area contributed by atoms with Crippen LogP contribution in [0.2, 0.25) is 0 Å². The maximum absolute atomic E-state index is 12.7. The predicted octanol–water partition coefficient (Wildman–Crippen LogP) is 3.88. The van der Waals surface area contributed by atoms with Gasteiger partial charge in [0.15, 0.2) is 5.58 Å². The number of fused-ring (bicyclic) bond motifs is 1. The summed E-state index contributed by atoms with van der Waals surface area (Å²) in [6, 6.07) is 3.85. The number of nitrogens with one attached hydrogen (secondary N) is 1. The number of carbonyl (C=O) groups is 3. The van der Waals surface area contributed by atoms with E-state index in [1.54, 1.807) is 13.8 Å². The number of nitrogens with zero attached hydrogens (tertiary/aromatic N) is 1. The molecular formula is C22H24N2O7. The molecule has 1 N–H and O–H groups in total. The lowest BCUT2D eigenvalue weighted by Gasteiger charge is -2.06. The van der Waals surface area contributed by atoms with E-state index in [1.165, 1.54) is 6.92 Å². The largest absolute Gasteiger partial charge is 0.462 e. The summed E-state index contributed by atoms with van der Waals surface area (Å²) in [4.78, 5) is 37.5. The highest BCUT2D eigenvalue weighted by Gasteiger charge is 2.31. The Labute approximate surface area is 178 Å². The average Bonchev–Trinajstić information content (AvgIpc) is 3.23. The topological polar surface area (TPSA) is 121 Å². The molecule has 9 heteroatoms. The van der Waals surface area contributed by atoms with Crippen LogP contribution in [-0.2, 0) is 20.7 Å². The van der Waals surface area contributed by atoms with Crippen molar-refractivity contribution in [3.63, 3.8) is 0 Å². The first-order chi connectivity index (χ1) is 14.8. The summed E-state index contributed by atoms with van der Waals surface area (Å²) in [6.45, 7) is 8.82. The number of rotatable bonds is 7. The Bertz CT molecular complexity index is 1160. The van der Waals surface area contributed by atoms with Crippen molar-refractivity contribution in [2.24, 2.45) is 0 Å². The van der Waals surface area contributed by atoms with Crippen LogP contribution in [0.5, 0.6) is 0 Å². The van der Waals surface area contributed by atoms with E-state index < -0.39 is 17.8 Å². The smallest absolute Gasteiger partial charge is 0.344 e. The zero-order chi connectivity index (χ0) is 22.7. The number of benzene rings is 1. The first-order valence-corrected chi connectivity index (χ1v) is 9.89. The van der Waals surface area contributed by atoms with Crippen LogP contribution >= 0.6 is 0 Å². The number of carbonyl (C=O) groups excluding carboxylic acids is 3. The molecule has 0 saturated carbocycles. The van der Waals surface area contributed by atoms with Crippen molar-refractivity contribution in [2.45, 2.75) is 41.0 Å². The molecule has 0 unspecified atom stereocenters. The fourth-order valence-corrected chi connectivity index (χ4v) is 3.37. The number of aromatic nitrogens is 1. The summed E-state index contributed by atoms with van der Waals surface area (Å²) < 4.78 is 20.9. The number of amides is 1. The molecule has 0 aliphatic rings. The zero-order valence-electron chi connectivity index (χ0n) is 18.1. The van der Waals surface area contributed by atoms with E-state index in [1.807, 2.05) is 26.0 Å². The van der Waals surface area contributed by atoms with Gasteiger partial charge >= 0.3 is 11.9 Å². The van der Waals surface area contributed by atoms with Crippen molar-refractivity contribution in [1.29, 1.82) is 0 Å². The van der Waals surface area contributed by atoms with Gasteiger partial charge in [0.05, 0.1) is 19.6 Å². The first-order valence-electron chi connectivity index (χ1n) is 9.89. The lowest BCUT2D eigenvalue weighted by Crippen LogP contribution is -2.19. The third-order valence-electron chi connectivity index (χ3n) is 4.60. The van der Waals surface area contributed by atoms with Gasteiger partial charge in [0.2, 0.25) is 11.8 Å².